The summed E-state index contributed by atoms with van der Waals surface area (Å²) >= 11 is 0. The topological polar surface area (TPSA) is 17.8 Å². The van der Waals surface area contributed by atoms with E-state index in [0.717, 1.165) is 10.2 Å². The van der Waals surface area contributed by atoms with Crippen LogP contribution in [0.5, 0.6) is 0 Å². The van der Waals surface area contributed by atoms with Crippen molar-refractivity contribution in [2.24, 2.45) is 0 Å². The summed E-state index contributed by atoms with van der Waals surface area (Å²) in [6.07, 6.45) is 0. The molecule has 0 bridgehead atoms. The Morgan fingerprint density at radius 3 is 2.00 bits per heavy atom. The highest BCUT2D eigenvalue weighted by Crippen LogP contribution is 2.17. The van der Waals surface area contributed by atoms with Gasteiger partial charge in [-0.15, -0.1) is 0 Å². The molecule has 1 aromatic heterocycles. The summed E-state index contributed by atoms with van der Waals surface area (Å²) in [7, 11) is 0. The van der Waals surface area contributed by atoms with Crippen LogP contribution in [0.25, 0.3) is 0 Å². The number of halogens is 2. The van der Waals surface area contributed by atoms with Gasteiger partial charge in [0.1, 0.15) is 0 Å². The second-order valence-corrected chi connectivity index (χ2v) is 2.52. The first-order valence-corrected chi connectivity index (χ1v) is 3.34. The van der Waals surface area contributed by atoms with E-state index < -0.39 is 6.55 Å². The number of aromatic nitrogens is 2. The molecule has 1 aromatic rings. The molecular formula is C7H10F2N2. The smallest absolute Gasteiger partial charge is 0.208 e. The Kier molecular flexibility index (Phi) is 1.93. The van der Waals surface area contributed by atoms with Gasteiger partial charge in [0.25, 0.3) is 0 Å². The fraction of sp³-hybridized carbons (Fsp3) is 0.571. The van der Waals surface area contributed by atoms with Gasteiger partial charge in [0.15, 0.2) is 0 Å². The van der Waals surface area contributed by atoms with E-state index >= 15 is 0 Å². The lowest BCUT2D eigenvalue weighted by Gasteiger charge is -2.00. The van der Waals surface area contributed by atoms with Crippen molar-refractivity contribution in [2.45, 2.75) is 27.3 Å². The van der Waals surface area contributed by atoms with E-state index in [1.54, 1.807) is 20.8 Å². The van der Waals surface area contributed by atoms with Gasteiger partial charge in [0, 0.05) is 5.69 Å². The van der Waals surface area contributed by atoms with Crippen molar-refractivity contribution in [1.82, 2.24) is 9.78 Å². The fourth-order valence-corrected chi connectivity index (χ4v) is 0.935. The van der Waals surface area contributed by atoms with Crippen LogP contribution in [0.4, 0.5) is 8.78 Å². The average molecular weight is 160 g/mol. The van der Waals surface area contributed by atoms with E-state index in [1.807, 2.05) is 0 Å². The quantitative estimate of drug-likeness (QED) is 0.615. The SMILES string of the molecule is Cc1nn(C(F)F)c(C)c1C. The number of hydrogen-bond donors (Lipinski definition) is 0. The van der Waals surface area contributed by atoms with E-state index in [0.29, 0.717) is 11.4 Å². The van der Waals surface area contributed by atoms with Crippen molar-refractivity contribution in [3.8, 4) is 0 Å². The lowest BCUT2D eigenvalue weighted by Crippen LogP contribution is -2.02. The van der Waals surface area contributed by atoms with Crippen molar-refractivity contribution >= 4 is 0 Å². The van der Waals surface area contributed by atoms with E-state index in [9.17, 15) is 8.78 Å². The molecule has 0 fully saturated rings. The zero-order chi connectivity index (χ0) is 8.59. The molecule has 0 amide bonds. The summed E-state index contributed by atoms with van der Waals surface area (Å²) in [5.74, 6) is 0. The van der Waals surface area contributed by atoms with E-state index in [4.69, 9.17) is 0 Å². The predicted octanol–water partition coefficient (Wildman–Crippen LogP) is 2.20. The van der Waals surface area contributed by atoms with Crippen LogP contribution in [-0.4, -0.2) is 9.78 Å². The van der Waals surface area contributed by atoms with Crippen LogP contribution in [0.3, 0.4) is 0 Å². The monoisotopic (exact) mass is 160 g/mol. The zero-order valence-corrected chi connectivity index (χ0v) is 6.73. The fourth-order valence-electron chi connectivity index (χ4n) is 0.935. The van der Waals surface area contributed by atoms with E-state index in [-0.39, 0.29) is 0 Å². The summed E-state index contributed by atoms with van der Waals surface area (Å²) in [4.78, 5) is 0. The average Bonchev–Trinajstić information content (AvgIpc) is 2.17. The Labute approximate surface area is 63.8 Å². The third-order valence-electron chi connectivity index (χ3n) is 1.87. The van der Waals surface area contributed by atoms with Crippen LogP contribution in [0.2, 0.25) is 0 Å². The molecule has 0 aliphatic rings. The van der Waals surface area contributed by atoms with Gasteiger partial charge < -0.3 is 0 Å². The molecule has 4 heteroatoms. The highest BCUT2D eigenvalue weighted by molar-refractivity contribution is 5.22. The second-order valence-electron chi connectivity index (χ2n) is 2.52. The Hall–Kier alpha value is -0.930. The number of aryl methyl sites for hydroxylation is 1. The minimum atomic E-state index is -2.53. The molecule has 0 radical (unpaired) electrons. The molecule has 1 rings (SSSR count). The van der Waals surface area contributed by atoms with E-state index in [2.05, 4.69) is 5.10 Å². The third-order valence-corrected chi connectivity index (χ3v) is 1.87. The standard InChI is InChI=1S/C7H10F2N2/c1-4-5(2)10-11(6(4)3)7(8)9/h7H,1-3H3. The Balaban J connectivity index is 3.19. The molecular weight excluding hydrogens is 150 g/mol. The van der Waals surface area contributed by atoms with Gasteiger partial charge >= 0.3 is 6.55 Å². The molecule has 0 saturated heterocycles. The molecule has 2 nitrogen and oxygen atoms in total. The van der Waals surface area contributed by atoms with Gasteiger partial charge in [-0.25, -0.2) is 4.68 Å². The van der Waals surface area contributed by atoms with Crippen LogP contribution in [0.1, 0.15) is 23.5 Å². The van der Waals surface area contributed by atoms with Crippen LogP contribution < -0.4 is 0 Å². The first-order chi connectivity index (χ1) is 5.04. The maximum Gasteiger partial charge on any atom is 0.333 e. The largest absolute Gasteiger partial charge is 0.333 e. The Morgan fingerprint density at radius 2 is 1.82 bits per heavy atom. The van der Waals surface area contributed by atoms with Crippen LogP contribution in [0, 0.1) is 20.8 Å². The molecule has 11 heavy (non-hydrogen) atoms. The van der Waals surface area contributed by atoms with Crippen molar-refractivity contribution in [3.63, 3.8) is 0 Å². The minimum absolute atomic E-state index is 0.539. The second kappa shape index (κ2) is 2.60. The summed E-state index contributed by atoms with van der Waals surface area (Å²) in [6.45, 7) is 2.63. The highest BCUT2D eigenvalue weighted by atomic mass is 19.3. The molecule has 0 spiro atoms. The first-order valence-electron chi connectivity index (χ1n) is 3.34. The number of hydrogen-bond acceptors (Lipinski definition) is 1. The normalized spacial score (nSPS) is 11.1. The molecule has 1 heterocycles. The zero-order valence-electron chi connectivity index (χ0n) is 6.73. The van der Waals surface area contributed by atoms with Crippen molar-refractivity contribution in [2.75, 3.05) is 0 Å². The van der Waals surface area contributed by atoms with E-state index in [1.165, 1.54) is 0 Å². The van der Waals surface area contributed by atoms with Crippen LogP contribution >= 0.6 is 0 Å². The van der Waals surface area contributed by atoms with Crippen molar-refractivity contribution in [3.05, 3.63) is 17.0 Å². The highest BCUT2D eigenvalue weighted by Gasteiger charge is 2.13. The summed E-state index contributed by atoms with van der Waals surface area (Å²) in [6, 6.07) is 0. The molecule has 0 saturated carbocycles. The molecule has 0 N–H and O–H groups in total. The molecule has 62 valence electrons. The molecule has 0 atom stereocenters. The maximum absolute atomic E-state index is 12.1. The van der Waals surface area contributed by atoms with Gasteiger partial charge in [-0.1, -0.05) is 0 Å². The Bertz CT molecular complexity index is 266. The molecule has 0 aliphatic carbocycles. The maximum atomic E-state index is 12.1. The first kappa shape index (κ1) is 8.17. The van der Waals surface area contributed by atoms with Gasteiger partial charge in [0.05, 0.1) is 5.69 Å². The van der Waals surface area contributed by atoms with Gasteiger partial charge in [-0.05, 0) is 26.3 Å². The van der Waals surface area contributed by atoms with Gasteiger partial charge in [0.2, 0.25) is 0 Å². The number of nitrogens with zero attached hydrogens (tertiary/aromatic N) is 2. The lowest BCUT2D eigenvalue weighted by molar-refractivity contribution is 0.0540. The van der Waals surface area contributed by atoms with Crippen molar-refractivity contribution in [1.29, 1.82) is 0 Å². The summed E-state index contributed by atoms with van der Waals surface area (Å²) in [5, 5.41) is 3.68. The number of alkyl halides is 2. The lowest BCUT2D eigenvalue weighted by atomic mass is 10.2. The van der Waals surface area contributed by atoms with Crippen LogP contribution in [0.15, 0.2) is 0 Å². The Morgan fingerprint density at radius 1 is 1.27 bits per heavy atom. The number of rotatable bonds is 1. The molecule has 0 unspecified atom stereocenters. The summed E-state index contributed by atoms with van der Waals surface area (Å²) < 4.78 is 25.0. The third kappa shape index (κ3) is 1.25. The predicted molar refractivity (Wildman–Crippen MR) is 37.7 cm³/mol. The van der Waals surface area contributed by atoms with Crippen LogP contribution in [-0.2, 0) is 0 Å². The van der Waals surface area contributed by atoms with Gasteiger partial charge in [-0.3, -0.25) is 0 Å². The summed E-state index contributed by atoms with van der Waals surface area (Å²) in [5.41, 5.74) is 2.05. The van der Waals surface area contributed by atoms with Crippen molar-refractivity contribution < 1.29 is 8.78 Å². The van der Waals surface area contributed by atoms with Gasteiger partial charge in [-0.2, -0.15) is 13.9 Å². The molecule has 0 aliphatic heterocycles. The minimum Gasteiger partial charge on any atom is -0.208 e. The molecule has 0 aromatic carbocycles.